The van der Waals surface area contributed by atoms with Crippen molar-refractivity contribution in [2.45, 2.75) is 33.7 Å². The van der Waals surface area contributed by atoms with Crippen LogP contribution in [-0.2, 0) is 13.0 Å². The number of non-ortho nitro benzene ring substituents is 1. The molecule has 0 spiro atoms. The topological polar surface area (TPSA) is 73.4 Å². The van der Waals surface area contributed by atoms with Gasteiger partial charge in [0.05, 0.1) is 25.3 Å². The zero-order valence-electron chi connectivity index (χ0n) is 21.6. The van der Waals surface area contributed by atoms with Gasteiger partial charge in [0.1, 0.15) is 11.6 Å². The summed E-state index contributed by atoms with van der Waals surface area (Å²) in [5.74, 6) is 0.852. The van der Waals surface area contributed by atoms with Gasteiger partial charge in [0.2, 0.25) is 0 Å². The van der Waals surface area contributed by atoms with E-state index >= 15 is 0 Å². The van der Waals surface area contributed by atoms with Gasteiger partial charge in [0.15, 0.2) is 0 Å². The van der Waals surface area contributed by atoms with Crippen LogP contribution in [0.2, 0.25) is 0 Å². The third-order valence-corrected chi connectivity index (χ3v) is 5.01. The van der Waals surface area contributed by atoms with Crippen molar-refractivity contribution in [3.8, 4) is 5.75 Å². The zero-order valence-corrected chi connectivity index (χ0v) is 16.6. The number of hydrogen-bond donors (Lipinski definition) is 0. The van der Waals surface area contributed by atoms with Crippen molar-refractivity contribution in [3.63, 3.8) is 0 Å². The lowest BCUT2D eigenvalue weighted by Gasteiger charge is -2.19. The molecule has 154 valence electrons. The lowest BCUT2D eigenvalue weighted by atomic mass is 10.1. The molecule has 0 aliphatic heterocycles. The monoisotopic (exact) mass is 401 g/mol. The van der Waals surface area contributed by atoms with Crippen LogP contribution in [0.25, 0.3) is 11.0 Å². The maximum atomic E-state index is 11.2. The highest BCUT2D eigenvalue weighted by molar-refractivity contribution is 5.78. The maximum absolute atomic E-state index is 11.2. The van der Waals surface area contributed by atoms with Crippen molar-refractivity contribution in [1.29, 1.82) is 0 Å². The van der Waals surface area contributed by atoms with Crippen molar-refractivity contribution in [2.75, 3.05) is 26.2 Å². The van der Waals surface area contributed by atoms with Crippen LogP contribution in [0.1, 0.15) is 38.9 Å². The van der Waals surface area contributed by atoms with Gasteiger partial charge in [-0.3, -0.25) is 10.1 Å². The predicted octanol–water partition coefficient (Wildman–Crippen LogP) is 4.28. The molecule has 0 fully saturated rings. The molecule has 2 aromatic carbocycles. The summed E-state index contributed by atoms with van der Waals surface area (Å²) in [6, 6.07) is 11.2. The number of aromatic nitrogens is 2. The van der Waals surface area contributed by atoms with E-state index < -0.39 is 18.3 Å². The summed E-state index contributed by atoms with van der Waals surface area (Å²) in [6.07, 6.45) is 0.438. The lowest BCUT2D eigenvalue weighted by molar-refractivity contribution is -0.384. The Labute approximate surface area is 178 Å². The number of benzene rings is 2. The summed E-state index contributed by atoms with van der Waals surface area (Å²) in [6.45, 7) is 1.77. The van der Waals surface area contributed by atoms with Crippen molar-refractivity contribution < 1.29 is 16.5 Å². The van der Waals surface area contributed by atoms with E-state index in [0.717, 1.165) is 36.5 Å². The summed E-state index contributed by atoms with van der Waals surface area (Å²) >= 11 is 0. The minimum absolute atomic E-state index is 0.0162. The minimum atomic E-state index is -2.91. The standard InChI is InChI=1S/C22H28N4O3/c1-4-24(5-2)13-14-25-21-12-9-18(26(27)28)16-20(21)23-22(25)15-17-7-10-19(11-8-17)29-6-3/h7-12,16H,4-6,13-15H2,1-3H3/i3D3,6D2. The third kappa shape index (κ3) is 4.92. The fourth-order valence-corrected chi connectivity index (χ4v) is 3.36. The van der Waals surface area contributed by atoms with Gasteiger partial charge in [-0.1, -0.05) is 26.0 Å². The first-order valence-corrected chi connectivity index (χ1v) is 9.59. The average Bonchev–Trinajstić information content (AvgIpc) is 3.11. The lowest BCUT2D eigenvalue weighted by Crippen LogP contribution is -2.27. The van der Waals surface area contributed by atoms with Crippen molar-refractivity contribution in [1.82, 2.24) is 14.5 Å². The fourth-order valence-electron chi connectivity index (χ4n) is 3.36. The zero-order chi connectivity index (χ0) is 25.1. The smallest absolute Gasteiger partial charge is 0.271 e. The number of nitrogens with zero attached hydrogens (tertiary/aromatic N) is 4. The van der Waals surface area contributed by atoms with Crippen LogP contribution < -0.4 is 4.74 Å². The number of imidazole rings is 1. The Morgan fingerprint density at radius 3 is 2.66 bits per heavy atom. The highest BCUT2D eigenvalue weighted by Gasteiger charge is 2.15. The maximum Gasteiger partial charge on any atom is 0.271 e. The van der Waals surface area contributed by atoms with Crippen molar-refractivity contribution in [3.05, 3.63) is 64.0 Å². The summed E-state index contributed by atoms with van der Waals surface area (Å²) < 4.78 is 44.1. The van der Waals surface area contributed by atoms with Gasteiger partial charge in [0, 0.05) is 35.8 Å². The Morgan fingerprint density at radius 1 is 1.24 bits per heavy atom. The molecule has 0 atom stereocenters. The van der Waals surface area contributed by atoms with Crippen LogP contribution >= 0.6 is 0 Å². The number of nitro groups is 1. The van der Waals surface area contributed by atoms with Gasteiger partial charge < -0.3 is 14.2 Å². The molecular weight excluding hydrogens is 368 g/mol. The van der Waals surface area contributed by atoms with Crippen LogP contribution in [-0.4, -0.2) is 45.6 Å². The van der Waals surface area contributed by atoms with E-state index in [-0.39, 0.29) is 11.4 Å². The van der Waals surface area contributed by atoms with E-state index in [1.54, 1.807) is 18.2 Å². The van der Waals surface area contributed by atoms with E-state index in [9.17, 15) is 10.1 Å². The molecule has 0 aliphatic carbocycles. The second-order valence-electron chi connectivity index (χ2n) is 6.66. The summed E-state index contributed by atoms with van der Waals surface area (Å²) in [4.78, 5) is 17.7. The van der Waals surface area contributed by atoms with E-state index in [1.807, 2.05) is 0 Å². The Balaban J connectivity index is 1.88. The Morgan fingerprint density at radius 2 is 2.00 bits per heavy atom. The molecule has 1 heterocycles. The number of nitro benzene ring substituents is 1. The summed E-state index contributed by atoms with van der Waals surface area (Å²) in [5.41, 5.74) is 2.21. The average molecular weight is 402 g/mol. The largest absolute Gasteiger partial charge is 0.494 e. The summed E-state index contributed by atoms with van der Waals surface area (Å²) in [7, 11) is 0. The molecule has 1 aromatic heterocycles. The van der Waals surface area contributed by atoms with Crippen LogP contribution in [0.4, 0.5) is 5.69 Å². The molecule has 0 bridgehead atoms. The first kappa shape index (κ1) is 15.0. The van der Waals surface area contributed by atoms with Crippen molar-refractivity contribution in [2.24, 2.45) is 0 Å². The second-order valence-corrected chi connectivity index (χ2v) is 6.66. The van der Waals surface area contributed by atoms with Gasteiger partial charge in [-0.2, -0.15) is 0 Å². The van der Waals surface area contributed by atoms with Gasteiger partial charge in [-0.25, -0.2) is 4.98 Å². The Bertz CT molecular complexity index is 1140. The van der Waals surface area contributed by atoms with Gasteiger partial charge in [-0.15, -0.1) is 0 Å². The molecule has 0 saturated carbocycles. The van der Waals surface area contributed by atoms with Crippen LogP contribution in [0.3, 0.4) is 0 Å². The van der Waals surface area contributed by atoms with Crippen LogP contribution in [0, 0.1) is 10.1 Å². The predicted molar refractivity (Wildman–Crippen MR) is 115 cm³/mol. The van der Waals surface area contributed by atoms with Crippen LogP contribution in [0.15, 0.2) is 42.5 Å². The number of ether oxygens (including phenoxy) is 1. The quantitative estimate of drug-likeness (QED) is 0.375. The Hall–Kier alpha value is -2.93. The molecule has 0 aliphatic rings. The summed E-state index contributed by atoms with van der Waals surface area (Å²) in [5, 5.41) is 11.2. The number of likely N-dealkylation sites (N-methyl/N-ethyl adjacent to an activating group) is 1. The molecule has 0 unspecified atom stereocenters. The molecule has 0 N–H and O–H groups in total. The van der Waals surface area contributed by atoms with Gasteiger partial charge in [0.25, 0.3) is 5.69 Å². The van der Waals surface area contributed by atoms with Crippen LogP contribution in [0.5, 0.6) is 5.75 Å². The third-order valence-electron chi connectivity index (χ3n) is 5.01. The molecule has 3 aromatic rings. The molecule has 3 rings (SSSR count). The molecular formula is C22H28N4O3. The normalized spacial score (nSPS) is 14.8. The number of rotatable bonds is 10. The SMILES string of the molecule is [2H]C([2H])([2H])C([2H])([2H])Oc1ccc(Cc2nc3cc([N+](=O)[O-])ccc3n2CCN(CC)CC)cc1. The molecule has 0 radical (unpaired) electrons. The first-order valence-electron chi connectivity index (χ1n) is 12.1. The first-order chi connectivity index (χ1) is 15.9. The molecule has 0 amide bonds. The molecule has 0 saturated heterocycles. The molecule has 7 nitrogen and oxygen atoms in total. The fraction of sp³-hybridized carbons (Fsp3) is 0.409. The highest BCUT2D eigenvalue weighted by Crippen LogP contribution is 2.24. The van der Waals surface area contributed by atoms with E-state index in [4.69, 9.17) is 11.6 Å². The molecule has 7 heteroatoms. The van der Waals surface area contributed by atoms with Crippen molar-refractivity contribution >= 4 is 16.7 Å². The van der Waals surface area contributed by atoms with E-state index in [0.29, 0.717) is 18.5 Å². The highest BCUT2D eigenvalue weighted by atomic mass is 16.6. The molecule has 29 heavy (non-hydrogen) atoms. The van der Waals surface area contributed by atoms with Gasteiger partial charge >= 0.3 is 0 Å². The number of hydrogen-bond acceptors (Lipinski definition) is 5. The van der Waals surface area contributed by atoms with Gasteiger partial charge in [-0.05, 0) is 43.7 Å². The number of fused-ring (bicyclic) bond motifs is 1. The second kappa shape index (κ2) is 9.52. The van der Waals surface area contributed by atoms with E-state index in [1.165, 1.54) is 24.3 Å². The Kier molecular flexibility index (Phi) is 4.92. The minimum Gasteiger partial charge on any atom is -0.494 e. The van der Waals surface area contributed by atoms with E-state index in [2.05, 4.69) is 28.3 Å².